The average Bonchev–Trinajstić information content (AvgIpc) is 3.21. The Kier molecular flexibility index (Phi) is 5.46. The predicted molar refractivity (Wildman–Crippen MR) is 107 cm³/mol. The maximum absolute atomic E-state index is 13.0. The first-order valence-electron chi connectivity index (χ1n) is 9.72. The lowest BCUT2D eigenvalue weighted by molar-refractivity contribution is 0.0563. The number of carbonyl (C=O) groups excluding carboxylic acids is 1. The maximum Gasteiger partial charge on any atom is 0.271 e. The number of amides is 1. The number of pyridine rings is 1. The van der Waals surface area contributed by atoms with Gasteiger partial charge in [-0.15, -0.1) is 0 Å². The van der Waals surface area contributed by atoms with Crippen LogP contribution >= 0.6 is 0 Å². The van der Waals surface area contributed by atoms with Gasteiger partial charge in [0.15, 0.2) is 0 Å². The lowest BCUT2D eigenvalue weighted by Gasteiger charge is -2.33. The minimum Gasteiger partial charge on any atom is -0.497 e. The van der Waals surface area contributed by atoms with E-state index in [1.807, 2.05) is 24.3 Å². The van der Waals surface area contributed by atoms with Crippen LogP contribution in [-0.4, -0.2) is 34.4 Å². The number of aromatic amines is 1. The molecular formula is C22H23N3O4. The van der Waals surface area contributed by atoms with E-state index in [-0.39, 0.29) is 23.2 Å². The van der Waals surface area contributed by atoms with Gasteiger partial charge in [0.2, 0.25) is 11.4 Å². The van der Waals surface area contributed by atoms with Crippen LogP contribution in [0.2, 0.25) is 0 Å². The number of benzene rings is 1. The van der Waals surface area contributed by atoms with Gasteiger partial charge in [0.25, 0.3) is 5.91 Å². The fraction of sp³-hybridized carbons (Fsp3) is 0.318. The fourth-order valence-electron chi connectivity index (χ4n) is 3.70. The summed E-state index contributed by atoms with van der Waals surface area (Å²) in [5.74, 6) is 1.86. The second-order valence-electron chi connectivity index (χ2n) is 7.13. The fourth-order valence-corrected chi connectivity index (χ4v) is 3.70. The van der Waals surface area contributed by atoms with Crippen LogP contribution in [0, 0.1) is 0 Å². The highest BCUT2D eigenvalue weighted by Crippen LogP contribution is 2.32. The smallest absolute Gasteiger partial charge is 0.271 e. The number of piperidine rings is 1. The van der Waals surface area contributed by atoms with Crippen LogP contribution in [0.5, 0.6) is 5.75 Å². The van der Waals surface area contributed by atoms with Crippen LogP contribution in [0.3, 0.4) is 0 Å². The van der Waals surface area contributed by atoms with Gasteiger partial charge in [0.05, 0.1) is 13.3 Å². The molecule has 1 amide bonds. The first kappa shape index (κ1) is 19.0. The molecule has 0 spiro atoms. The number of nitrogens with one attached hydrogen (secondary N) is 1. The van der Waals surface area contributed by atoms with Crippen molar-refractivity contribution in [2.24, 2.45) is 0 Å². The second-order valence-corrected chi connectivity index (χ2v) is 7.13. The molecule has 1 aliphatic rings. The molecule has 4 rings (SSSR count). The third-order valence-corrected chi connectivity index (χ3v) is 5.13. The molecule has 2 aromatic heterocycles. The minimum atomic E-state index is -0.291. The summed E-state index contributed by atoms with van der Waals surface area (Å²) in [6.45, 7) is 0.605. The normalized spacial score (nSPS) is 16.6. The molecule has 3 aromatic rings. The molecule has 0 radical (unpaired) electrons. The van der Waals surface area contributed by atoms with Gasteiger partial charge in [-0.2, -0.15) is 0 Å². The Labute approximate surface area is 168 Å². The topological polar surface area (TPSA) is 88.4 Å². The Morgan fingerprint density at radius 3 is 2.97 bits per heavy atom. The Morgan fingerprint density at radius 2 is 2.14 bits per heavy atom. The van der Waals surface area contributed by atoms with Crippen LogP contribution in [-0.2, 0) is 6.42 Å². The predicted octanol–water partition coefficient (Wildman–Crippen LogP) is 3.33. The first-order valence-corrected chi connectivity index (χ1v) is 9.72. The van der Waals surface area contributed by atoms with Crippen molar-refractivity contribution in [2.45, 2.75) is 31.7 Å². The molecule has 1 N–H and O–H groups in total. The van der Waals surface area contributed by atoms with Gasteiger partial charge in [-0.1, -0.05) is 18.2 Å². The Hall–Kier alpha value is -3.35. The van der Waals surface area contributed by atoms with Gasteiger partial charge < -0.3 is 19.0 Å². The van der Waals surface area contributed by atoms with Crippen molar-refractivity contribution in [3.05, 3.63) is 81.9 Å². The number of rotatable bonds is 5. The van der Waals surface area contributed by atoms with E-state index < -0.39 is 0 Å². The Bertz CT molecular complexity index is 1060. The van der Waals surface area contributed by atoms with Crippen LogP contribution in [0.25, 0.3) is 0 Å². The van der Waals surface area contributed by atoms with Gasteiger partial charge in [-0.05, 0) is 43.0 Å². The van der Waals surface area contributed by atoms with Crippen molar-refractivity contribution in [3.63, 3.8) is 0 Å². The number of hydrogen-bond acceptors (Lipinski definition) is 5. The zero-order valence-electron chi connectivity index (χ0n) is 16.3. The summed E-state index contributed by atoms with van der Waals surface area (Å²) in [6.07, 6.45) is 5.00. The van der Waals surface area contributed by atoms with Crippen LogP contribution in [0.4, 0.5) is 0 Å². The van der Waals surface area contributed by atoms with E-state index in [1.54, 1.807) is 30.3 Å². The number of hydrogen-bond donors (Lipinski definition) is 1. The molecule has 0 saturated carbocycles. The standard InChI is InChI=1S/C22H23N3O4/c1-28-16-7-4-6-15(12-16)13-17-14-23-21(29-17)19-9-2-3-11-25(19)22(27)18-8-5-10-20(26)24-18/h4-8,10,12,14,19H,2-3,9,11,13H2,1H3,(H,24,26)/t19-/m1/s1. The van der Waals surface area contributed by atoms with E-state index in [1.165, 1.54) is 6.07 Å². The first-order chi connectivity index (χ1) is 14.1. The molecule has 150 valence electrons. The summed E-state index contributed by atoms with van der Waals surface area (Å²) < 4.78 is 11.3. The second kappa shape index (κ2) is 8.34. The number of nitrogens with zero attached hydrogens (tertiary/aromatic N) is 2. The molecule has 0 aliphatic carbocycles. The number of ether oxygens (including phenoxy) is 1. The largest absolute Gasteiger partial charge is 0.497 e. The summed E-state index contributed by atoms with van der Waals surface area (Å²) in [5.41, 5.74) is 1.05. The molecule has 29 heavy (non-hydrogen) atoms. The van der Waals surface area contributed by atoms with Crippen molar-refractivity contribution in [3.8, 4) is 5.75 Å². The molecule has 0 bridgehead atoms. The molecule has 3 heterocycles. The number of methoxy groups -OCH3 is 1. The van der Waals surface area contributed by atoms with Gasteiger partial charge in [-0.25, -0.2) is 4.98 Å². The van der Waals surface area contributed by atoms with Crippen LogP contribution in [0.1, 0.15) is 53.0 Å². The lowest BCUT2D eigenvalue weighted by Crippen LogP contribution is -2.39. The highest BCUT2D eigenvalue weighted by molar-refractivity contribution is 5.92. The zero-order valence-corrected chi connectivity index (χ0v) is 16.3. The lowest BCUT2D eigenvalue weighted by atomic mass is 10.0. The number of aromatic nitrogens is 2. The van der Waals surface area contributed by atoms with Gasteiger partial charge in [-0.3, -0.25) is 9.59 Å². The number of likely N-dealkylation sites (tertiary alicyclic amines) is 1. The van der Waals surface area contributed by atoms with Crippen LogP contribution in [0.15, 0.2) is 57.9 Å². The van der Waals surface area contributed by atoms with Gasteiger partial charge in [0, 0.05) is 19.0 Å². The van der Waals surface area contributed by atoms with Gasteiger partial charge >= 0.3 is 0 Å². The number of H-pyrrole nitrogens is 1. The summed E-state index contributed by atoms with van der Waals surface area (Å²) in [6, 6.07) is 12.2. The van der Waals surface area contributed by atoms with E-state index in [4.69, 9.17) is 9.15 Å². The Balaban J connectivity index is 1.54. The molecule has 0 unspecified atom stereocenters. The average molecular weight is 393 g/mol. The Morgan fingerprint density at radius 1 is 1.28 bits per heavy atom. The molecule has 7 nitrogen and oxygen atoms in total. The minimum absolute atomic E-state index is 0.208. The monoisotopic (exact) mass is 393 g/mol. The summed E-state index contributed by atoms with van der Waals surface area (Å²) in [5, 5.41) is 0. The number of carbonyl (C=O) groups is 1. The van der Waals surface area contributed by atoms with E-state index >= 15 is 0 Å². The van der Waals surface area contributed by atoms with E-state index in [0.717, 1.165) is 36.3 Å². The van der Waals surface area contributed by atoms with E-state index in [9.17, 15) is 9.59 Å². The molecular weight excluding hydrogens is 370 g/mol. The van der Waals surface area contributed by atoms with Crippen molar-refractivity contribution < 1.29 is 13.9 Å². The maximum atomic E-state index is 13.0. The third-order valence-electron chi connectivity index (χ3n) is 5.13. The molecule has 7 heteroatoms. The zero-order chi connectivity index (χ0) is 20.2. The molecule has 1 aliphatic heterocycles. The van der Waals surface area contributed by atoms with Crippen LogP contribution < -0.4 is 10.3 Å². The summed E-state index contributed by atoms with van der Waals surface area (Å²) in [4.78, 5) is 33.4. The highest BCUT2D eigenvalue weighted by Gasteiger charge is 2.32. The summed E-state index contributed by atoms with van der Waals surface area (Å²) in [7, 11) is 1.64. The summed E-state index contributed by atoms with van der Waals surface area (Å²) >= 11 is 0. The molecule has 1 atom stereocenters. The third kappa shape index (κ3) is 4.23. The molecule has 1 fully saturated rings. The van der Waals surface area contributed by atoms with Crippen molar-refractivity contribution in [1.82, 2.24) is 14.9 Å². The van der Waals surface area contributed by atoms with E-state index in [2.05, 4.69) is 9.97 Å². The quantitative estimate of drug-likeness (QED) is 0.718. The highest BCUT2D eigenvalue weighted by atomic mass is 16.5. The molecule has 1 saturated heterocycles. The SMILES string of the molecule is COc1cccc(Cc2cnc([C@H]3CCCCN3C(=O)c3cccc(=O)[nH]3)o2)c1. The van der Waals surface area contributed by atoms with Crippen molar-refractivity contribution in [2.75, 3.05) is 13.7 Å². The van der Waals surface area contributed by atoms with Crippen molar-refractivity contribution in [1.29, 1.82) is 0 Å². The number of oxazole rings is 1. The van der Waals surface area contributed by atoms with E-state index in [0.29, 0.717) is 18.9 Å². The van der Waals surface area contributed by atoms with Crippen molar-refractivity contribution >= 4 is 5.91 Å². The molecule has 1 aromatic carbocycles. The van der Waals surface area contributed by atoms with Gasteiger partial charge in [0.1, 0.15) is 23.2 Å².